The van der Waals surface area contributed by atoms with Gasteiger partial charge in [-0.25, -0.2) is 9.36 Å². The van der Waals surface area contributed by atoms with E-state index in [2.05, 4.69) is 89.8 Å². The van der Waals surface area contributed by atoms with Gasteiger partial charge in [-0.2, -0.15) is 10.2 Å². The molecule has 0 saturated carbocycles. The lowest BCUT2D eigenvalue weighted by Gasteiger charge is -2.16. The average Bonchev–Trinajstić information content (AvgIpc) is 3.47. The minimum Gasteiger partial charge on any atom is -0.296 e. The van der Waals surface area contributed by atoms with Crippen LogP contribution in [0.15, 0.2) is 60.7 Å². The van der Waals surface area contributed by atoms with Gasteiger partial charge in [0.25, 0.3) is 0 Å². The van der Waals surface area contributed by atoms with Crippen LogP contribution in [0.1, 0.15) is 40.3 Å². The highest BCUT2D eigenvalue weighted by atomic mass is 15.3. The minimum atomic E-state index is 0.845. The molecule has 2 aromatic heterocycles. The van der Waals surface area contributed by atoms with Crippen molar-refractivity contribution in [2.24, 2.45) is 0 Å². The van der Waals surface area contributed by atoms with E-state index in [0.717, 1.165) is 43.0 Å². The lowest BCUT2D eigenvalue weighted by atomic mass is 10.1. The van der Waals surface area contributed by atoms with Crippen LogP contribution in [-0.2, 0) is 25.9 Å². The Labute approximate surface area is 183 Å². The van der Waals surface area contributed by atoms with Crippen molar-refractivity contribution in [3.8, 4) is 11.4 Å². The largest absolute Gasteiger partial charge is 0.296 e. The maximum atomic E-state index is 5.04. The van der Waals surface area contributed by atoms with Crippen molar-refractivity contribution in [3.63, 3.8) is 0 Å². The molecule has 0 spiro atoms. The van der Waals surface area contributed by atoms with Gasteiger partial charge in [-0.15, -0.1) is 0 Å². The molecule has 5 heteroatoms. The summed E-state index contributed by atoms with van der Waals surface area (Å²) in [5.41, 5.74) is 9.91. The predicted molar refractivity (Wildman–Crippen MR) is 124 cm³/mol. The van der Waals surface area contributed by atoms with Gasteiger partial charge in [-0.3, -0.25) is 4.90 Å². The van der Waals surface area contributed by atoms with Crippen molar-refractivity contribution in [1.29, 1.82) is 0 Å². The molecule has 31 heavy (non-hydrogen) atoms. The number of aromatic nitrogens is 4. The Hall–Kier alpha value is -3.18. The van der Waals surface area contributed by atoms with Crippen molar-refractivity contribution in [1.82, 2.24) is 24.5 Å². The average molecular weight is 412 g/mol. The van der Waals surface area contributed by atoms with Gasteiger partial charge in [-0.05, 0) is 70.0 Å². The number of benzene rings is 2. The number of aryl methyl sites for hydroxylation is 1. The molecular formula is C26H29N5. The number of para-hydroxylation sites is 2. The maximum Gasteiger partial charge on any atom is 0.0804 e. The summed E-state index contributed by atoms with van der Waals surface area (Å²) in [6, 6.07) is 20.9. The molecule has 5 rings (SSSR count). The number of nitrogens with zero attached hydrogens (tertiary/aromatic N) is 5. The number of hydrogen-bond donors (Lipinski definition) is 0. The fourth-order valence-corrected chi connectivity index (χ4v) is 4.73. The fraction of sp³-hybridized carbons (Fsp3) is 0.308. The molecule has 0 aliphatic heterocycles. The second-order valence-electron chi connectivity index (χ2n) is 8.54. The third-order valence-electron chi connectivity index (χ3n) is 6.30. The van der Waals surface area contributed by atoms with Crippen LogP contribution in [-0.4, -0.2) is 31.5 Å². The quantitative estimate of drug-likeness (QED) is 0.458. The predicted octanol–water partition coefficient (Wildman–Crippen LogP) is 4.80. The first kappa shape index (κ1) is 19.8. The standard InChI is InChI=1S/C26H29N5/c1-19-24(20(2)30(27-19)21-11-6-4-7-12-21)17-29(3)18-25-23-15-10-16-26(23)31(28-25)22-13-8-5-9-14-22/h4-9,11-14H,10,15-18H2,1-3H3. The molecule has 0 N–H and O–H groups in total. The molecule has 4 aromatic rings. The zero-order chi connectivity index (χ0) is 21.4. The zero-order valence-electron chi connectivity index (χ0n) is 18.5. The molecule has 1 aliphatic carbocycles. The van der Waals surface area contributed by atoms with Gasteiger partial charge in [0.2, 0.25) is 0 Å². The molecule has 5 nitrogen and oxygen atoms in total. The second-order valence-corrected chi connectivity index (χ2v) is 8.54. The van der Waals surface area contributed by atoms with E-state index in [4.69, 9.17) is 10.2 Å². The van der Waals surface area contributed by atoms with Crippen LogP contribution in [0.3, 0.4) is 0 Å². The Balaban J connectivity index is 1.39. The molecule has 0 amide bonds. The van der Waals surface area contributed by atoms with Gasteiger partial charge in [0.1, 0.15) is 0 Å². The van der Waals surface area contributed by atoms with E-state index in [1.165, 1.54) is 34.6 Å². The number of fused-ring (bicyclic) bond motifs is 1. The topological polar surface area (TPSA) is 38.9 Å². The summed E-state index contributed by atoms with van der Waals surface area (Å²) < 4.78 is 4.22. The molecule has 158 valence electrons. The monoisotopic (exact) mass is 411 g/mol. The molecule has 1 aliphatic rings. The maximum absolute atomic E-state index is 5.04. The highest BCUT2D eigenvalue weighted by Crippen LogP contribution is 2.29. The van der Waals surface area contributed by atoms with Crippen LogP contribution in [0.5, 0.6) is 0 Å². The Morgan fingerprint density at radius 3 is 2.13 bits per heavy atom. The fourth-order valence-electron chi connectivity index (χ4n) is 4.73. The van der Waals surface area contributed by atoms with Crippen LogP contribution in [0.4, 0.5) is 0 Å². The van der Waals surface area contributed by atoms with Crippen LogP contribution >= 0.6 is 0 Å². The molecule has 0 unspecified atom stereocenters. The van der Waals surface area contributed by atoms with E-state index in [-0.39, 0.29) is 0 Å². The molecule has 0 atom stereocenters. The van der Waals surface area contributed by atoms with E-state index < -0.39 is 0 Å². The van der Waals surface area contributed by atoms with Gasteiger partial charge < -0.3 is 0 Å². The normalized spacial score (nSPS) is 13.2. The van der Waals surface area contributed by atoms with Crippen molar-refractivity contribution < 1.29 is 0 Å². The number of hydrogen-bond acceptors (Lipinski definition) is 3. The summed E-state index contributed by atoms with van der Waals surface area (Å²) in [5, 5.41) is 9.85. The molecule has 0 saturated heterocycles. The third kappa shape index (κ3) is 3.70. The smallest absolute Gasteiger partial charge is 0.0804 e. The third-order valence-corrected chi connectivity index (χ3v) is 6.30. The Kier molecular flexibility index (Phi) is 5.20. The van der Waals surface area contributed by atoms with Gasteiger partial charge in [0.15, 0.2) is 0 Å². The summed E-state index contributed by atoms with van der Waals surface area (Å²) in [5.74, 6) is 0. The van der Waals surface area contributed by atoms with Crippen LogP contribution in [0, 0.1) is 13.8 Å². The lowest BCUT2D eigenvalue weighted by Crippen LogP contribution is -2.19. The summed E-state index contributed by atoms with van der Waals surface area (Å²) in [6.45, 7) is 5.98. The SMILES string of the molecule is Cc1nn(-c2ccccc2)c(C)c1CN(C)Cc1nn(-c2ccccc2)c2c1CCC2. The van der Waals surface area contributed by atoms with Crippen molar-refractivity contribution in [2.75, 3.05) is 7.05 Å². The molecule has 0 fully saturated rings. The number of rotatable bonds is 6. The van der Waals surface area contributed by atoms with E-state index >= 15 is 0 Å². The van der Waals surface area contributed by atoms with E-state index in [1.807, 2.05) is 6.07 Å². The van der Waals surface area contributed by atoms with Crippen molar-refractivity contribution in [2.45, 2.75) is 46.2 Å². The summed E-state index contributed by atoms with van der Waals surface area (Å²) >= 11 is 0. The summed E-state index contributed by atoms with van der Waals surface area (Å²) in [6.07, 6.45) is 3.47. The first-order valence-corrected chi connectivity index (χ1v) is 11.1. The lowest BCUT2D eigenvalue weighted by molar-refractivity contribution is 0.312. The van der Waals surface area contributed by atoms with E-state index in [1.54, 1.807) is 0 Å². The molecular weight excluding hydrogens is 382 g/mol. The zero-order valence-corrected chi connectivity index (χ0v) is 18.5. The highest BCUT2D eigenvalue weighted by Gasteiger charge is 2.24. The summed E-state index contributed by atoms with van der Waals surface area (Å²) in [4.78, 5) is 2.36. The van der Waals surface area contributed by atoms with Crippen molar-refractivity contribution >= 4 is 0 Å². The highest BCUT2D eigenvalue weighted by molar-refractivity contribution is 5.40. The van der Waals surface area contributed by atoms with Gasteiger partial charge in [-0.1, -0.05) is 36.4 Å². The Morgan fingerprint density at radius 2 is 1.45 bits per heavy atom. The van der Waals surface area contributed by atoms with Gasteiger partial charge in [0, 0.05) is 30.0 Å². The first-order chi connectivity index (χ1) is 15.1. The van der Waals surface area contributed by atoms with Crippen molar-refractivity contribution in [3.05, 3.63) is 94.6 Å². The summed E-state index contributed by atoms with van der Waals surface area (Å²) in [7, 11) is 2.18. The van der Waals surface area contributed by atoms with Gasteiger partial charge in [0.05, 0.1) is 22.8 Å². The van der Waals surface area contributed by atoms with E-state index in [9.17, 15) is 0 Å². The Bertz CT molecular complexity index is 1190. The minimum absolute atomic E-state index is 0.845. The van der Waals surface area contributed by atoms with E-state index in [0.29, 0.717) is 0 Å². The molecule has 2 aromatic carbocycles. The second kappa shape index (κ2) is 8.16. The molecule has 0 radical (unpaired) electrons. The van der Waals surface area contributed by atoms with Gasteiger partial charge >= 0.3 is 0 Å². The molecule has 2 heterocycles. The van der Waals surface area contributed by atoms with Crippen LogP contribution in [0.2, 0.25) is 0 Å². The molecule has 0 bridgehead atoms. The Morgan fingerprint density at radius 1 is 0.806 bits per heavy atom. The first-order valence-electron chi connectivity index (χ1n) is 11.1. The van der Waals surface area contributed by atoms with Crippen LogP contribution in [0.25, 0.3) is 11.4 Å². The van der Waals surface area contributed by atoms with Crippen LogP contribution < -0.4 is 0 Å².